The topological polar surface area (TPSA) is 72.0 Å². The van der Waals surface area contributed by atoms with Gasteiger partial charge in [-0.25, -0.2) is 18.4 Å². The number of rotatable bonds is 3. The van der Waals surface area contributed by atoms with Crippen molar-refractivity contribution in [2.75, 3.05) is 4.72 Å². The van der Waals surface area contributed by atoms with E-state index in [4.69, 9.17) is 34.8 Å². The predicted octanol–water partition coefficient (Wildman–Crippen LogP) is 4.76. The zero-order valence-corrected chi connectivity index (χ0v) is 16.0. The minimum absolute atomic E-state index is 0.000262. The Kier molecular flexibility index (Phi) is 5.38. The van der Waals surface area contributed by atoms with Gasteiger partial charge >= 0.3 is 0 Å². The largest absolute Gasteiger partial charge is 0.266 e. The van der Waals surface area contributed by atoms with Crippen LogP contribution in [0.4, 0.5) is 5.82 Å². The van der Waals surface area contributed by atoms with Crippen LogP contribution in [0.25, 0.3) is 0 Å². The van der Waals surface area contributed by atoms with Crippen LogP contribution in [-0.4, -0.2) is 18.4 Å². The normalized spacial score (nSPS) is 11.5. The molecule has 11 heteroatoms. The van der Waals surface area contributed by atoms with E-state index in [-0.39, 0.29) is 30.4 Å². The average molecular weight is 496 g/mol. The summed E-state index contributed by atoms with van der Waals surface area (Å²) >= 11 is 23.8. The molecule has 0 amide bonds. The van der Waals surface area contributed by atoms with Gasteiger partial charge in [-0.15, -0.1) is 0 Å². The first-order valence-electron chi connectivity index (χ1n) is 5.06. The molecule has 0 aliphatic heterocycles. The zero-order chi connectivity index (χ0) is 15.8. The second-order valence-corrected chi connectivity index (χ2v) is 8.07. The van der Waals surface area contributed by atoms with Gasteiger partial charge in [0.15, 0.2) is 10.4 Å². The van der Waals surface area contributed by atoms with Crippen molar-refractivity contribution < 1.29 is 8.42 Å². The Morgan fingerprint density at radius 1 is 1.10 bits per heavy atom. The number of benzene rings is 1. The van der Waals surface area contributed by atoms with E-state index < -0.39 is 10.0 Å². The second-order valence-electron chi connectivity index (χ2n) is 3.64. The minimum Gasteiger partial charge on any atom is -0.261 e. The molecular formula is C10H4Br2Cl3N3O2S. The molecule has 0 fully saturated rings. The fourth-order valence-corrected chi connectivity index (χ4v) is 4.98. The molecular weight excluding hydrogens is 492 g/mol. The molecule has 0 radical (unpaired) electrons. The van der Waals surface area contributed by atoms with Gasteiger partial charge in [0.05, 0.1) is 16.2 Å². The molecule has 0 aliphatic carbocycles. The summed E-state index contributed by atoms with van der Waals surface area (Å²) < 4.78 is 27.6. The SMILES string of the molecule is O=S(=O)(Nc1ncc(Br)nc1Br)c1c(Cl)cc(Cl)cc1Cl. The number of aromatic nitrogens is 2. The third kappa shape index (κ3) is 4.00. The molecule has 0 saturated carbocycles. The summed E-state index contributed by atoms with van der Waals surface area (Å²) in [5.41, 5.74) is 0. The van der Waals surface area contributed by atoms with Crippen LogP contribution in [0.5, 0.6) is 0 Å². The average Bonchev–Trinajstić information content (AvgIpc) is 2.30. The van der Waals surface area contributed by atoms with Crippen LogP contribution < -0.4 is 4.72 Å². The summed E-state index contributed by atoms with van der Waals surface area (Å²) in [6, 6.07) is 2.57. The van der Waals surface area contributed by atoms with Crippen LogP contribution in [-0.2, 0) is 10.0 Å². The van der Waals surface area contributed by atoms with Crippen LogP contribution >= 0.6 is 66.7 Å². The molecule has 0 atom stereocenters. The Labute approximate surface area is 152 Å². The molecule has 2 rings (SSSR count). The first kappa shape index (κ1) is 17.2. The fourth-order valence-electron chi connectivity index (χ4n) is 1.38. The quantitative estimate of drug-likeness (QED) is 0.665. The lowest BCUT2D eigenvalue weighted by atomic mass is 10.4. The summed E-state index contributed by atoms with van der Waals surface area (Å²) in [4.78, 5) is 7.59. The Morgan fingerprint density at radius 3 is 2.19 bits per heavy atom. The molecule has 0 aliphatic rings. The maximum atomic E-state index is 12.4. The number of anilines is 1. The monoisotopic (exact) mass is 493 g/mol. The van der Waals surface area contributed by atoms with Crippen LogP contribution in [0.3, 0.4) is 0 Å². The number of halogens is 5. The van der Waals surface area contributed by atoms with Gasteiger partial charge in [0, 0.05) is 5.02 Å². The molecule has 0 spiro atoms. The number of hydrogen-bond donors (Lipinski definition) is 1. The zero-order valence-electron chi connectivity index (χ0n) is 9.74. The third-order valence-corrected chi connectivity index (χ3v) is 5.58. The van der Waals surface area contributed by atoms with E-state index in [9.17, 15) is 8.42 Å². The molecule has 2 aromatic rings. The van der Waals surface area contributed by atoms with Crippen LogP contribution in [0.15, 0.2) is 32.4 Å². The fraction of sp³-hybridized carbons (Fsp3) is 0. The van der Waals surface area contributed by atoms with Crippen molar-refractivity contribution in [1.82, 2.24) is 9.97 Å². The van der Waals surface area contributed by atoms with Gasteiger partial charge in [-0.1, -0.05) is 34.8 Å². The van der Waals surface area contributed by atoms with Gasteiger partial charge in [0.2, 0.25) is 0 Å². The predicted molar refractivity (Wildman–Crippen MR) is 89.7 cm³/mol. The Bertz CT molecular complexity index is 794. The van der Waals surface area contributed by atoms with Gasteiger partial charge < -0.3 is 0 Å². The number of hydrogen-bond acceptors (Lipinski definition) is 4. The number of nitrogens with zero attached hydrogens (tertiary/aromatic N) is 2. The molecule has 112 valence electrons. The Hall–Kier alpha value is -0.120. The molecule has 1 N–H and O–H groups in total. The van der Waals surface area contributed by atoms with Crippen molar-refractivity contribution in [3.8, 4) is 0 Å². The van der Waals surface area contributed by atoms with Crippen LogP contribution in [0.2, 0.25) is 15.1 Å². The number of sulfonamides is 1. The van der Waals surface area contributed by atoms with E-state index in [1.54, 1.807) is 0 Å². The van der Waals surface area contributed by atoms with E-state index >= 15 is 0 Å². The summed E-state index contributed by atoms with van der Waals surface area (Å²) in [5, 5.41) is 0.0379. The maximum Gasteiger partial charge on any atom is 0.266 e. The van der Waals surface area contributed by atoms with E-state index in [2.05, 4.69) is 46.5 Å². The van der Waals surface area contributed by atoms with Crippen molar-refractivity contribution in [1.29, 1.82) is 0 Å². The lowest BCUT2D eigenvalue weighted by molar-refractivity contribution is 0.601. The lowest BCUT2D eigenvalue weighted by Crippen LogP contribution is -2.15. The molecule has 1 heterocycles. The van der Waals surface area contributed by atoms with Crippen LogP contribution in [0, 0.1) is 0 Å². The maximum absolute atomic E-state index is 12.4. The Morgan fingerprint density at radius 2 is 1.67 bits per heavy atom. The molecule has 0 saturated heterocycles. The highest BCUT2D eigenvalue weighted by Gasteiger charge is 2.24. The summed E-state index contributed by atoms with van der Waals surface area (Å²) in [7, 11) is -4.05. The Balaban J connectivity index is 2.48. The molecule has 21 heavy (non-hydrogen) atoms. The smallest absolute Gasteiger partial charge is 0.261 e. The molecule has 5 nitrogen and oxygen atoms in total. The van der Waals surface area contributed by atoms with Gasteiger partial charge in [-0.05, 0) is 44.0 Å². The highest BCUT2D eigenvalue weighted by Crippen LogP contribution is 2.34. The van der Waals surface area contributed by atoms with Crippen molar-refractivity contribution >= 4 is 82.5 Å². The first-order chi connectivity index (χ1) is 9.70. The minimum atomic E-state index is -4.05. The van der Waals surface area contributed by atoms with E-state index in [1.165, 1.54) is 18.3 Å². The second kappa shape index (κ2) is 6.55. The van der Waals surface area contributed by atoms with Crippen molar-refractivity contribution in [2.24, 2.45) is 0 Å². The summed E-state index contributed by atoms with van der Waals surface area (Å²) in [6.45, 7) is 0. The van der Waals surface area contributed by atoms with Crippen molar-refractivity contribution in [3.05, 3.63) is 42.6 Å². The third-order valence-electron chi connectivity index (χ3n) is 2.16. The highest BCUT2D eigenvalue weighted by molar-refractivity contribution is 9.11. The van der Waals surface area contributed by atoms with E-state index in [1.807, 2.05) is 0 Å². The van der Waals surface area contributed by atoms with Crippen molar-refractivity contribution in [2.45, 2.75) is 4.90 Å². The standard InChI is InChI=1S/C10H4Br2Cl3N3O2S/c11-7-3-16-10(9(12)17-7)18-21(19,20)8-5(14)1-4(13)2-6(8)15/h1-3H,(H,16,18). The van der Waals surface area contributed by atoms with Crippen LogP contribution in [0.1, 0.15) is 0 Å². The molecule has 1 aromatic carbocycles. The first-order valence-corrected chi connectivity index (χ1v) is 9.26. The molecule has 1 aromatic heterocycles. The van der Waals surface area contributed by atoms with Crippen molar-refractivity contribution in [3.63, 3.8) is 0 Å². The van der Waals surface area contributed by atoms with Gasteiger partial charge in [0.1, 0.15) is 9.50 Å². The highest BCUT2D eigenvalue weighted by atomic mass is 79.9. The molecule has 0 bridgehead atoms. The van der Waals surface area contributed by atoms with Gasteiger partial charge in [-0.3, -0.25) is 4.72 Å². The van der Waals surface area contributed by atoms with Gasteiger partial charge in [0.25, 0.3) is 10.0 Å². The van der Waals surface area contributed by atoms with E-state index in [0.717, 1.165) is 0 Å². The molecule has 0 unspecified atom stereocenters. The summed E-state index contributed by atoms with van der Waals surface area (Å²) in [6.07, 6.45) is 1.34. The van der Waals surface area contributed by atoms with Gasteiger partial charge in [-0.2, -0.15) is 0 Å². The number of nitrogens with one attached hydrogen (secondary N) is 1. The lowest BCUT2D eigenvalue weighted by Gasteiger charge is -2.11. The van der Waals surface area contributed by atoms with E-state index in [0.29, 0.717) is 4.60 Å². The summed E-state index contributed by atoms with van der Waals surface area (Å²) in [5.74, 6) is 0.000262.